The first kappa shape index (κ1) is 34.4. The molecular weight excluding hydrogens is 719 g/mol. The minimum absolute atomic E-state index is 0.0491. The van der Waals surface area contributed by atoms with E-state index < -0.39 is 77.2 Å². The normalized spacial score (nSPS) is 13.2. The van der Waals surface area contributed by atoms with Gasteiger partial charge in [-0.05, 0) is 72.1 Å². The van der Waals surface area contributed by atoms with Crippen LogP contribution < -0.4 is 5.73 Å². The molecule has 0 atom stereocenters. The van der Waals surface area contributed by atoms with Gasteiger partial charge >= 0.3 is 0 Å². The van der Waals surface area contributed by atoms with E-state index in [-0.39, 0.29) is 38.6 Å². The third-order valence-electron chi connectivity index (χ3n) is 6.61. The second-order valence-electron chi connectivity index (χ2n) is 9.75. The number of hydrogen-bond acceptors (Lipinski definition) is 13. The van der Waals surface area contributed by atoms with E-state index in [1.54, 1.807) is 0 Å². The summed E-state index contributed by atoms with van der Waals surface area (Å²) in [5.41, 5.74) is 6.33. The Kier molecular flexibility index (Phi) is 8.56. The van der Waals surface area contributed by atoms with E-state index >= 15 is 0 Å². The highest BCUT2D eigenvalue weighted by atomic mass is 32.2. The van der Waals surface area contributed by atoms with Crippen LogP contribution in [0.2, 0.25) is 0 Å². The van der Waals surface area contributed by atoms with Crippen LogP contribution in [0.5, 0.6) is 5.75 Å². The highest BCUT2D eigenvalue weighted by Gasteiger charge is 2.25. The first-order valence-electron chi connectivity index (χ1n) is 12.6. The number of phenols is 1. The number of aromatic hydroxyl groups is 1. The Morgan fingerprint density at radius 3 is 1.58 bits per heavy atom. The molecule has 5 rings (SSSR count). The summed E-state index contributed by atoms with van der Waals surface area (Å²) in [6.45, 7) is 0. The molecule has 0 aliphatic rings. The van der Waals surface area contributed by atoms with Crippen molar-refractivity contribution in [2.75, 3.05) is 0 Å². The molecule has 0 heterocycles. The molecule has 1 radical (unpaired) electrons. The number of nitrogens with one attached hydrogen (secondary N) is 1. The van der Waals surface area contributed by atoms with Crippen LogP contribution in [0.25, 0.3) is 21.5 Å². The molecule has 22 heteroatoms. The van der Waals surface area contributed by atoms with E-state index in [1.807, 2.05) is 0 Å². The van der Waals surface area contributed by atoms with Gasteiger partial charge in [0.05, 0.1) is 32.5 Å². The number of hydrogen-bond donors (Lipinski definition) is 5. The fourth-order valence-corrected chi connectivity index (χ4v) is 6.67. The molecule has 0 unspecified atom stereocenters. The molecule has 0 saturated heterocycles. The largest absolute Gasteiger partial charge is 0.505 e. The van der Waals surface area contributed by atoms with Gasteiger partial charge in [-0.3, -0.25) is 23.9 Å². The van der Waals surface area contributed by atoms with Gasteiger partial charge in [-0.25, -0.2) is 0 Å². The molecule has 0 spiro atoms. The third-order valence-corrected chi connectivity index (χ3v) is 10.1. The Morgan fingerprint density at radius 2 is 1.02 bits per heavy atom. The molecule has 0 fully saturated rings. The Balaban J connectivity index is 1.68. The predicted molar refractivity (Wildman–Crippen MR) is 166 cm³/mol. The van der Waals surface area contributed by atoms with Crippen LogP contribution in [0.1, 0.15) is 0 Å². The quantitative estimate of drug-likeness (QED) is 0.0981. The van der Waals surface area contributed by atoms with Gasteiger partial charge in [-0.2, -0.15) is 38.8 Å². The van der Waals surface area contributed by atoms with Crippen molar-refractivity contribution in [1.82, 2.24) is 5.73 Å². The lowest BCUT2D eigenvalue weighted by Crippen LogP contribution is -2.02. The van der Waals surface area contributed by atoms with Crippen molar-refractivity contribution in [1.29, 1.82) is 0 Å². The Hall–Kier alpha value is -4.94. The van der Waals surface area contributed by atoms with E-state index in [0.29, 0.717) is 12.1 Å². The number of phenolic OH excluding ortho intramolecular Hbond substituents is 1. The number of nitrogens with zero attached hydrogens (tertiary/aromatic N) is 4. The van der Waals surface area contributed by atoms with Crippen LogP contribution in [-0.4, -0.2) is 57.0 Å². The van der Waals surface area contributed by atoms with Crippen LogP contribution in [0, 0.1) is 0 Å². The summed E-state index contributed by atoms with van der Waals surface area (Å²) in [7, 11) is -19.4. The third kappa shape index (κ3) is 6.99. The van der Waals surface area contributed by atoms with Gasteiger partial charge in [0, 0.05) is 16.2 Å². The van der Waals surface area contributed by atoms with Crippen LogP contribution in [0.15, 0.2) is 113 Å². The van der Waals surface area contributed by atoms with Crippen LogP contribution in [0.3, 0.4) is 0 Å². The minimum atomic E-state index is -5.19. The van der Waals surface area contributed by atoms with Crippen molar-refractivity contribution in [3.05, 3.63) is 72.8 Å². The fraction of sp³-hybridized carbons (Fsp3) is 0. The predicted octanol–water partition coefficient (Wildman–Crippen LogP) is 5.43. The molecular formula is C26H18N5O13S4. The smallest absolute Gasteiger partial charge is 0.296 e. The second-order valence-corrected chi connectivity index (χ2v) is 15.4. The molecule has 5 aromatic rings. The van der Waals surface area contributed by atoms with Crippen molar-refractivity contribution >= 4 is 90.5 Å². The lowest BCUT2D eigenvalue weighted by atomic mass is 10.1. The molecule has 5 aromatic carbocycles. The molecule has 0 aliphatic heterocycles. The maximum atomic E-state index is 12.3. The Bertz CT molecular complexity index is 2680. The zero-order valence-electron chi connectivity index (χ0n) is 23.4. The van der Waals surface area contributed by atoms with Gasteiger partial charge in [0.2, 0.25) is 0 Å². The zero-order valence-corrected chi connectivity index (χ0v) is 26.6. The standard InChI is InChI=1S/C26H18N5O13S4/c27-20-12-18-13(9-23(20)47(39,40)41)10-24(48(42,43)44)25(26(18)32)31-30-22-8-7-21(17-6-5-16(11-19(17)22)46(36,37)38)29-28-14-1-3-15(4-2-14)45(33,34)35/h1-12,27,32H,(H,33,34,35)(H,36,37,38)(H,39,40,41)(H,42,43,44)/b29-28+,31-30+. The maximum Gasteiger partial charge on any atom is 0.296 e. The molecule has 249 valence electrons. The Morgan fingerprint density at radius 1 is 0.500 bits per heavy atom. The van der Waals surface area contributed by atoms with E-state index in [2.05, 4.69) is 20.5 Å². The minimum Gasteiger partial charge on any atom is -0.505 e. The summed E-state index contributed by atoms with van der Waals surface area (Å²) < 4.78 is 132. The summed E-state index contributed by atoms with van der Waals surface area (Å²) in [5.74, 6) is -0.965. The van der Waals surface area contributed by atoms with Gasteiger partial charge in [0.25, 0.3) is 40.5 Å². The second kappa shape index (κ2) is 11.9. The van der Waals surface area contributed by atoms with Gasteiger partial charge < -0.3 is 5.11 Å². The van der Waals surface area contributed by atoms with Crippen molar-refractivity contribution in [3.8, 4) is 5.75 Å². The summed E-state index contributed by atoms with van der Waals surface area (Å²) in [6.07, 6.45) is 0. The Labute approximate surface area is 270 Å². The molecule has 0 aliphatic carbocycles. The summed E-state index contributed by atoms with van der Waals surface area (Å²) in [4.78, 5) is -2.95. The van der Waals surface area contributed by atoms with E-state index in [0.717, 1.165) is 30.3 Å². The average Bonchev–Trinajstić information content (AvgIpc) is 2.97. The molecule has 18 nitrogen and oxygen atoms in total. The highest BCUT2D eigenvalue weighted by molar-refractivity contribution is 7.86. The molecule has 0 amide bonds. The number of azo groups is 2. The zero-order chi connectivity index (χ0) is 35.4. The highest BCUT2D eigenvalue weighted by Crippen LogP contribution is 2.44. The average molecular weight is 737 g/mol. The van der Waals surface area contributed by atoms with Crippen molar-refractivity contribution < 1.29 is 57.0 Å². The number of fused-ring (bicyclic) bond motifs is 2. The molecule has 48 heavy (non-hydrogen) atoms. The summed E-state index contributed by atoms with van der Waals surface area (Å²) in [6, 6.07) is 12.6. The van der Waals surface area contributed by atoms with Crippen molar-refractivity contribution in [3.63, 3.8) is 0 Å². The van der Waals surface area contributed by atoms with Gasteiger partial charge in [0.15, 0.2) is 5.75 Å². The van der Waals surface area contributed by atoms with Gasteiger partial charge in [-0.1, -0.05) is 6.07 Å². The summed E-state index contributed by atoms with van der Waals surface area (Å²) >= 11 is 0. The van der Waals surface area contributed by atoms with E-state index in [9.17, 15) is 52.4 Å². The number of benzene rings is 5. The maximum absolute atomic E-state index is 12.3. The topological polar surface area (TPSA) is 311 Å². The van der Waals surface area contributed by atoms with Crippen LogP contribution in [0.4, 0.5) is 28.4 Å². The fourth-order valence-electron chi connectivity index (χ4n) is 4.41. The molecule has 6 N–H and O–H groups in total. The van der Waals surface area contributed by atoms with E-state index in [4.69, 9.17) is 10.3 Å². The summed E-state index contributed by atoms with van der Waals surface area (Å²) in [5, 5.41) is 26.1. The van der Waals surface area contributed by atoms with Crippen LogP contribution in [-0.2, 0) is 40.5 Å². The molecule has 0 saturated carbocycles. The van der Waals surface area contributed by atoms with Gasteiger partial charge in [-0.15, -0.1) is 15.3 Å². The first-order valence-corrected chi connectivity index (χ1v) is 18.4. The number of rotatable bonds is 8. The molecule has 0 aromatic heterocycles. The monoisotopic (exact) mass is 736 g/mol. The van der Waals surface area contributed by atoms with Crippen LogP contribution >= 0.6 is 0 Å². The SMILES string of the molecule is [NH]c1cc2c(O)c(/N=N/c3ccc(/N=N/c4ccc(S(=O)(=O)O)cc4)c4ccc(S(=O)(=O)O)cc34)c(S(=O)(=O)O)cc2cc1S(=O)(=O)O. The van der Waals surface area contributed by atoms with Crippen molar-refractivity contribution in [2.24, 2.45) is 20.5 Å². The lowest BCUT2D eigenvalue weighted by molar-refractivity contribution is 0.472. The van der Waals surface area contributed by atoms with Crippen molar-refractivity contribution in [2.45, 2.75) is 19.6 Å². The lowest BCUT2D eigenvalue weighted by Gasteiger charge is -2.11. The first-order chi connectivity index (χ1) is 22.1. The molecule has 0 bridgehead atoms. The van der Waals surface area contributed by atoms with E-state index in [1.165, 1.54) is 30.3 Å². The van der Waals surface area contributed by atoms with Gasteiger partial charge in [0.1, 0.15) is 15.5 Å².